The van der Waals surface area contributed by atoms with Gasteiger partial charge in [0.15, 0.2) is 0 Å². The van der Waals surface area contributed by atoms with E-state index < -0.39 is 11.6 Å². The van der Waals surface area contributed by atoms with Crippen molar-refractivity contribution in [3.8, 4) is 0 Å². The zero-order valence-electron chi connectivity index (χ0n) is 11.3. The number of halogens is 1. The van der Waals surface area contributed by atoms with Crippen LogP contribution in [0.15, 0.2) is 22.9 Å². The third-order valence-electron chi connectivity index (χ3n) is 3.62. The molecule has 0 saturated carbocycles. The van der Waals surface area contributed by atoms with Gasteiger partial charge in [0.05, 0.1) is 5.60 Å². The highest BCUT2D eigenvalue weighted by Gasteiger charge is 2.34. The summed E-state index contributed by atoms with van der Waals surface area (Å²) >= 11 is 3.32. The summed E-state index contributed by atoms with van der Waals surface area (Å²) in [5.41, 5.74) is 0.394. The van der Waals surface area contributed by atoms with E-state index in [0.717, 1.165) is 48.9 Å². The highest BCUT2D eigenvalue weighted by Crippen LogP contribution is 2.35. The van der Waals surface area contributed by atoms with Crippen LogP contribution in [-0.4, -0.2) is 35.8 Å². The molecule has 20 heavy (non-hydrogen) atoms. The minimum atomic E-state index is -0.940. The van der Waals surface area contributed by atoms with E-state index in [4.69, 9.17) is 9.84 Å². The van der Waals surface area contributed by atoms with Gasteiger partial charge in [0.2, 0.25) is 0 Å². The van der Waals surface area contributed by atoms with Gasteiger partial charge in [-0.1, -0.05) is 6.07 Å². The largest absolute Gasteiger partial charge is 0.480 e. The SMILES string of the molecule is O=C(O)COC1(c2ccc(Br)nc2)CCCCNCC1. The monoisotopic (exact) mass is 342 g/mol. The first-order valence-corrected chi connectivity index (χ1v) is 7.60. The van der Waals surface area contributed by atoms with Crippen molar-refractivity contribution in [3.05, 3.63) is 28.5 Å². The molecule has 0 bridgehead atoms. The molecular weight excluding hydrogens is 324 g/mol. The van der Waals surface area contributed by atoms with Crippen LogP contribution in [-0.2, 0) is 15.1 Å². The molecule has 6 heteroatoms. The van der Waals surface area contributed by atoms with E-state index in [0.29, 0.717) is 0 Å². The van der Waals surface area contributed by atoms with Crippen LogP contribution in [0.25, 0.3) is 0 Å². The van der Waals surface area contributed by atoms with E-state index in [9.17, 15) is 4.79 Å². The van der Waals surface area contributed by atoms with E-state index in [1.165, 1.54) is 0 Å². The van der Waals surface area contributed by atoms with Gasteiger partial charge >= 0.3 is 5.97 Å². The average Bonchev–Trinajstić information content (AvgIpc) is 2.39. The lowest BCUT2D eigenvalue weighted by atomic mass is 9.85. The fourth-order valence-corrected chi connectivity index (χ4v) is 2.80. The van der Waals surface area contributed by atoms with Crippen molar-refractivity contribution < 1.29 is 14.6 Å². The maximum atomic E-state index is 10.9. The Balaban J connectivity index is 2.25. The molecule has 0 amide bonds. The molecule has 0 spiro atoms. The third-order valence-corrected chi connectivity index (χ3v) is 4.08. The van der Waals surface area contributed by atoms with Crippen LogP contribution in [0.4, 0.5) is 0 Å². The van der Waals surface area contributed by atoms with E-state index in [-0.39, 0.29) is 6.61 Å². The number of rotatable bonds is 4. The van der Waals surface area contributed by atoms with Gasteiger partial charge in [0, 0.05) is 11.8 Å². The van der Waals surface area contributed by atoms with Crippen LogP contribution in [0, 0.1) is 0 Å². The van der Waals surface area contributed by atoms with Crippen LogP contribution in [0.1, 0.15) is 31.2 Å². The molecule has 1 aromatic heterocycles. The molecule has 110 valence electrons. The molecule has 1 aliphatic heterocycles. The maximum Gasteiger partial charge on any atom is 0.329 e. The van der Waals surface area contributed by atoms with Crippen molar-refractivity contribution in [2.24, 2.45) is 0 Å². The number of carboxylic acid groups (broad SMARTS) is 1. The van der Waals surface area contributed by atoms with Crippen molar-refractivity contribution >= 4 is 21.9 Å². The Bertz CT molecular complexity index is 442. The van der Waals surface area contributed by atoms with Crippen molar-refractivity contribution in [2.75, 3.05) is 19.7 Å². The fraction of sp³-hybridized carbons (Fsp3) is 0.571. The summed E-state index contributed by atoms with van der Waals surface area (Å²) in [4.78, 5) is 15.1. The minimum absolute atomic E-state index is 0.282. The number of pyridine rings is 1. The Morgan fingerprint density at radius 2 is 2.25 bits per heavy atom. The lowest BCUT2D eigenvalue weighted by Gasteiger charge is -2.35. The molecule has 1 aliphatic rings. The second-order valence-corrected chi connectivity index (χ2v) is 5.82. The Hall–Kier alpha value is -0.980. The van der Waals surface area contributed by atoms with Crippen LogP contribution < -0.4 is 5.32 Å². The molecule has 0 aromatic carbocycles. The molecule has 2 heterocycles. The second kappa shape index (κ2) is 7.15. The van der Waals surface area contributed by atoms with E-state index in [2.05, 4.69) is 26.2 Å². The molecule has 1 atom stereocenters. The summed E-state index contributed by atoms with van der Waals surface area (Å²) < 4.78 is 6.56. The quantitative estimate of drug-likeness (QED) is 0.821. The van der Waals surface area contributed by atoms with E-state index in [1.807, 2.05) is 12.1 Å². The number of hydrogen-bond donors (Lipinski definition) is 2. The van der Waals surface area contributed by atoms with Crippen LogP contribution in [0.2, 0.25) is 0 Å². The molecule has 1 saturated heterocycles. The number of carbonyl (C=O) groups is 1. The van der Waals surface area contributed by atoms with Crippen LogP contribution in [0.5, 0.6) is 0 Å². The molecule has 1 unspecified atom stereocenters. The number of nitrogens with zero attached hydrogens (tertiary/aromatic N) is 1. The number of nitrogens with one attached hydrogen (secondary N) is 1. The van der Waals surface area contributed by atoms with Gasteiger partial charge < -0.3 is 15.2 Å². The summed E-state index contributed by atoms with van der Waals surface area (Å²) in [7, 11) is 0. The molecule has 5 nitrogen and oxygen atoms in total. The smallest absolute Gasteiger partial charge is 0.329 e. The van der Waals surface area contributed by atoms with Gasteiger partial charge in [-0.05, 0) is 60.8 Å². The summed E-state index contributed by atoms with van der Waals surface area (Å²) in [5, 5.41) is 12.3. The third kappa shape index (κ3) is 4.01. The van der Waals surface area contributed by atoms with Gasteiger partial charge in [0.1, 0.15) is 11.2 Å². The Morgan fingerprint density at radius 3 is 2.95 bits per heavy atom. The zero-order valence-corrected chi connectivity index (χ0v) is 12.9. The van der Waals surface area contributed by atoms with Gasteiger partial charge in [-0.25, -0.2) is 9.78 Å². The van der Waals surface area contributed by atoms with Crippen molar-refractivity contribution in [2.45, 2.75) is 31.3 Å². The fourth-order valence-electron chi connectivity index (χ4n) is 2.56. The molecule has 1 aromatic rings. The van der Waals surface area contributed by atoms with E-state index >= 15 is 0 Å². The first-order valence-electron chi connectivity index (χ1n) is 6.81. The first-order chi connectivity index (χ1) is 9.62. The summed E-state index contributed by atoms with van der Waals surface area (Å²) in [5.74, 6) is -0.940. The highest BCUT2D eigenvalue weighted by molar-refractivity contribution is 9.10. The standard InChI is InChI=1S/C14H19BrN2O3/c15-12-4-3-11(9-17-12)14(20-10-13(18)19)5-1-2-7-16-8-6-14/h3-4,9,16H,1-2,5-8,10H2,(H,18,19). The molecular formula is C14H19BrN2O3. The van der Waals surface area contributed by atoms with Gasteiger partial charge in [-0.15, -0.1) is 0 Å². The predicted molar refractivity (Wildman–Crippen MR) is 78.5 cm³/mol. The molecule has 0 radical (unpaired) electrons. The van der Waals surface area contributed by atoms with Crippen LogP contribution >= 0.6 is 15.9 Å². The number of ether oxygens (including phenoxy) is 1. The Labute approximate surface area is 126 Å². The lowest BCUT2D eigenvalue weighted by Crippen LogP contribution is -2.37. The van der Waals surface area contributed by atoms with Crippen molar-refractivity contribution in [3.63, 3.8) is 0 Å². The average molecular weight is 343 g/mol. The number of aromatic nitrogens is 1. The normalized spacial score (nSPS) is 23.9. The minimum Gasteiger partial charge on any atom is -0.480 e. The summed E-state index contributed by atoms with van der Waals surface area (Å²) in [6, 6.07) is 3.83. The van der Waals surface area contributed by atoms with Crippen molar-refractivity contribution in [1.82, 2.24) is 10.3 Å². The summed E-state index contributed by atoms with van der Waals surface area (Å²) in [6.45, 7) is 1.54. The molecule has 2 N–H and O–H groups in total. The number of carboxylic acids is 1. The van der Waals surface area contributed by atoms with Gasteiger partial charge in [0.25, 0.3) is 0 Å². The second-order valence-electron chi connectivity index (χ2n) is 5.00. The van der Waals surface area contributed by atoms with Gasteiger partial charge in [-0.3, -0.25) is 0 Å². The molecule has 2 rings (SSSR count). The summed E-state index contributed by atoms with van der Waals surface area (Å²) in [6.07, 6.45) is 5.42. The molecule has 1 fully saturated rings. The zero-order chi connectivity index (χ0) is 14.4. The lowest BCUT2D eigenvalue weighted by molar-refractivity contribution is -0.152. The predicted octanol–water partition coefficient (Wildman–Crippen LogP) is 2.30. The number of aliphatic carboxylic acids is 1. The molecule has 0 aliphatic carbocycles. The van der Waals surface area contributed by atoms with E-state index in [1.54, 1.807) is 6.20 Å². The Kier molecular flexibility index (Phi) is 5.51. The maximum absolute atomic E-state index is 10.9. The van der Waals surface area contributed by atoms with Crippen LogP contribution in [0.3, 0.4) is 0 Å². The number of hydrogen-bond acceptors (Lipinski definition) is 4. The first kappa shape index (κ1) is 15.4. The topological polar surface area (TPSA) is 71.5 Å². The highest BCUT2D eigenvalue weighted by atomic mass is 79.9. The van der Waals surface area contributed by atoms with Crippen molar-refractivity contribution in [1.29, 1.82) is 0 Å². The Morgan fingerprint density at radius 1 is 1.40 bits per heavy atom. The van der Waals surface area contributed by atoms with Gasteiger partial charge in [-0.2, -0.15) is 0 Å².